The molecule has 1 N–H and O–H groups in total. The lowest BCUT2D eigenvalue weighted by molar-refractivity contribution is -0.119. The van der Waals surface area contributed by atoms with Gasteiger partial charge in [0.25, 0.3) is 5.91 Å². The summed E-state index contributed by atoms with van der Waals surface area (Å²) in [6.07, 6.45) is 8.37. The fourth-order valence-electron chi connectivity index (χ4n) is 2.81. The molecule has 1 amide bonds. The maximum atomic E-state index is 12.2. The Bertz CT molecular complexity index is 750. The molecule has 1 aliphatic carbocycles. The van der Waals surface area contributed by atoms with E-state index in [-0.39, 0.29) is 11.8 Å². The lowest BCUT2D eigenvalue weighted by atomic mass is 10.00. The number of anilines is 1. The van der Waals surface area contributed by atoms with Crippen molar-refractivity contribution in [1.29, 1.82) is 0 Å². The summed E-state index contributed by atoms with van der Waals surface area (Å²) in [5, 5.41) is 2.77. The van der Waals surface area contributed by atoms with E-state index < -0.39 is 11.9 Å². The van der Waals surface area contributed by atoms with Gasteiger partial charge >= 0.3 is 5.97 Å². The Hall–Kier alpha value is -1.92. The molecule has 0 atom stereocenters. The van der Waals surface area contributed by atoms with Crippen molar-refractivity contribution in [2.75, 3.05) is 11.9 Å². The monoisotopic (exact) mass is 378 g/mol. The summed E-state index contributed by atoms with van der Waals surface area (Å²) in [4.78, 5) is 29.9. The molecule has 25 heavy (non-hydrogen) atoms. The Morgan fingerprint density at radius 1 is 1.24 bits per heavy atom. The van der Waals surface area contributed by atoms with Gasteiger partial charge in [-0.15, -0.1) is 11.3 Å². The first kappa shape index (κ1) is 17.9. The number of carbonyl (C=O) groups is 2. The third-order valence-electron chi connectivity index (χ3n) is 4.07. The standard InChI is InChI=1S/C18H19ClN2O3S/c19-17-13(7-5-9-20-17)21-16(22)11-24-18(23)15-10-12-6-3-1-2-4-8-14(12)25-15/h5,7,9-10H,1-4,6,8,11H2,(H,21,22). The highest BCUT2D eigenvalue weighted by atomic mass is 35.5. The van der Waals surface area contributed by atoms with Crippen LogP contribution in [-0.2, 0) is 22.4 Å². The second-order valence-electron chi connectivity index (χ2n) is 5.94. The van der Waals surface area contributed by atoms with Gasteiger partial charge in [-0.05, 0) is 49.4 Å². The number of hydrogen-bond acceptors (Lipinski definition) is 5. The number of thiophene rings is 1. The van der Waals surface area contributed by atoms with Crippen LogP contribution in [0.1, 0.15) is 45.8 Å². The van der Waals surface area contributed by atoms with Gasteiger partial charge in [0.05, 0.1) is 5.69 Å². The van der Waals surface area contributed by atoms with E-state index in [0.717, 1.165) is 25.7 Å². The molecule has 3 rings (SSSR count). The fourth-order valence-corrected chi connectivity index (χ4v) is 4.13. The van der Waals surface area contributed by atoms with Crippen molar-refractivity contribution in [2.24, 2.45) is 0 Å². The van der Waals surface area contributed by atoms with Crippen molar-refractivity contribution < 1.29 is 14.3 Å². The number of carbonyl (C=O) groups excluding carboxylic acids is 2. The number of nitrogens with one attached hydrogen (secondary N) is 1. The van der Waals surface area contributed by atoms with Crippen molar-refractivity contribution in [2.45, 2.75) is 38.5 Å². The number of halogens is 1. The van der Waals surface area contributed by atoms with E-state index in [9.17, 15) is 9.59 Å². The normalized spacial score (nSPS) is 14.1. The maximum Gasteiger partial charge on any atom is 0.348 e. The minimum Gasteiger partial charge on any atom is -0.451 e. The van der Waals surface area contributed by atoms with Crippen molar-refractivity contribution in [3.8, 4) is 0 Å². The van der Waals surface area contributed by atoms with Gasteiger partial charge in [-0.2, -0.15) is 0 Å². The number of hydrogen-bond donors (Lipinski definition) is 1. The third kappa shape index (κ3) is 4.80. The van der Waals surface area contributed by atoms with Gasteiger partial charge in [-0.1, -0.05) is 24.4 Å². The number of ether oxygens (including phenoxy) is 1. The van der Waals surface area contributed by atoms with E-state index in [1.165, 1.54) is 40.8 Å². The van der Waals surface area contributed by atoms with Gasteiger partial charge in [-0.3, -0.25) is 4.79 Å². The topological polar surface area (TPSA) is 68.3 Å². The highest BCUT2D eigenvalue weighted by Crippen LogP contribution is 2.29. The molecule has 2 heterocycles. The van der Waals surface area contributed by atoms with Gasteiger partial charge in [-0.25, -0.2) is 9.78 Å². The molecule has 0 saturated carbocycles. The van der Waals surface area contributed by atoms with E-state index in [1.807, 2.05) is 6.07 Å². The van der Waals surface area contributed by atoms with Crippen LogP contribution in [0, 0.1) is 0 Å². The predicted octanol–water partition coefficient (Wildman–Crippen LogP) is 4.25. The zero-order valence-corrected chi connectivity index (χ0v) is 15.3. The molecule has 0 bridgehead atoms. The second kappa shape index (κ2) is 8.45. The molecular formula is C18H19ClN2O3S. The largest absolute Gasteiger partial charge is 0.451 e. The Balaban J connectivity index is 1.56. The molecule has 0 fully saturated rings. The van der Waals surface area contributed by atoms with E-state index >= 15 is 0 Å². The first-order valence-corrected chi connectivity index (χ1v) is 9.52. The summed E-state index contributed by atoms with van der Waals surface area (Å²) in [7, 11) is 0. The van der Waals surface area contributed by atoms with E-state index in [2.05, 4.69) is 10.3 Å². The maximum absolute atomic E-state index is 12.2. The molecule has 0 unspecified atom stereocenters. The van der Waals surface area contributed by atoms with Crippen molar-refractivity contribution in [3.63, 3.8) is 0 Å². The summed E-state index contributed by atoms with van der Waals surface area (Å²) in [6, 6.07) is 5.21. The molecule has 0 radical (unpaired) electrons. The number of aryl methyl sites for hydroxylation is 2. The molecule has 5 nitrogen and oxygen atoms in total. The van der Waals surface area contributed by atoms with Crippen molar-refractivity contribution in [1.82, 2.24) is 4.98 Å². The molecular weight excluding hydrogens is 360 g/mol. The molecule has 7 heteroatoms. The first-order valence-electron chi connectivity index (χ1n) is 8.32. The molecule has 132 valence electrons. The highest BCUT2D eigenvalue weighted by molar-refractivity contribution is 7.14. The predicted molar refractivity (Wildman–Crippen MR) is 98.4 cm³/mol. The Labute approximate surface area is 155 Å². The zero-order valence-electron chi connectivity index (χ0n) is 13.7. The van der Waals surface area contributed by atoms with Crippen LogP contribution >= 0.6 is 22.9 Å². The molecule has 2 aromatic heterocycles. The van der Waals surface area contributed by atoms with Gasteiger partial charge in [0.2, 0.25) is 0 Å². The lowest BCUT2D eigenvalue weighted by Gasteiger charge is -2.07. The molecule has 0 saturated heterocycles. The van der Waals surface area contributed by atoms with Crippen LogP contribution < -0.4 is 5.32 Å². The number of nitrogens with zero attached hydrogens (tertiary/aromatic N) is 1. The number of rotatable bonds is 4. The summed E-state index contributed by atoms with van der Waals surface area (Å²) >= 11 is 7.37. The van der Waals surface area contributed by atoms with Crippen molar-refractivity contribution >= 4 is 40.5 Å². The lowest BCUT2D eigenvalue weighted by Crippen LogP contribution is -2.20. The Kier molecular flexibility index (Phi) is 6.04. The highest BCUT2D eigenvalue weighted by Gasteiger charge is 2.18. The fraction of sp³-hybridized carbons (Fsp3) is 0.389. The summed E-state index contributed by atoms with van der Waals surface area (Å²) in [5.41, 5.74) is 1.65. The number of aromatic nitrogens is 1. The zero-order chi connectivity index (χ0) is 17.6. The summed E-state index contributed by atoms with van der Waals surface area (Å²) in [6.45, 7) is -0.355. The van der Waals surface area contributed by atoms with E-state index in [4.69, 9.17) is 16.3 Å². The van der Waals surface area contributed by atoms with E-state index in [0.29, 0.717) is 10.6 Å². The van der Waals surface area contributed by atoms with Gasteiger partial charge in [0.1, 0.15) is 4.88 Å². The number of esters is 1. The molecule has 0 spiro atoms. The van der Waals surface area contributed by atoms with Crippen LogP contribution in [0.2, 0.25) is 5.15 Å². The quantitative estimate of drug-likeness (QED) is 0.637. The van der Waals surface area contributed by atoms with Crippen LogP contribution in [-0.4, -0.2) is 23.5 Å². The molecule has 2 aromatic rings. The minimum atomic E-state index is -0.454. The SMILES string of the molecule is O=C(COC(=O)c1cc2c(s1)CCCCCC2)Nc1cccnc1Cl. The van der Waals surface area contributed by atoms with Gasteiger partial charge < -0.3 is 10.1 Å². The molecule has 1 aliphatic rings. The Morgan fingerprint density at radius 2 is 2.04 bits per heavy atom. The van der Waals surface area contributed by atoms with Crippen LogP contribution in [0.5, 0.6) is 0 Å². The number of fused-ring (bicyclic) bond motifs is 1. The van der Waals surface area contributed by atoms with Crippen molar-refractivity contribution in [3.05, 3.63) is 44.9 Å². The van der Waals surface area contributed by atoms with Crippen LogP contribution in [0.4, 0.5) is 5.69 Å². The van der Waals surface area contributed by atoms with Crippen LogP contribution in [0.15, 0.2) is 24.4 Å². The smallest absolute Gasteiger partial charge is 0.348 e. The summed E-state index contributed by atoms with van der Waals surface area (Å²) < 4.78 is 5.14. The minimum absolute atomic E-state index is 0.195. The van der Waals surface area contributed by atoms with E-state index in [1.54, 1.807) is 12.1 Å². The molecule has 0 aromatic carbocycles. The first-order chi connectivity index (χ1) is 12.1. The third-order valence-corrected chi connectivity index (χ3v) is 5.58. The second-order valence-corrected chi connectivity index (χ2v) is 7.43. The summed E-state index contributed by atoms with van der Waals surface area (Å²) in [5.74, 6) is -0.901. The van der Waals surface area contributed by atoms with Crippen LogP contribution in [0.25, 0.3) is 0 Å². The number of pyridine rings is 1. The Morgan fingerprint density at radius 3 is 2.84 bits per heavy atom. The van der Waals surface area contributed by atoms with Crippen LogP contribution in [0.3, 0.4) is 0 Å². The number of amides is 1. The molecule has 0 aliphatic heterocycles. The average molecular weight is 379 g/mol. The van der Waals surface area contributed by atoms with Gasteiger partial charge in [0, 0.05) is 11.1 Å². The average Bonchev–Trinajstić information content (AvgIpc) is 2.97. The van der Waals surface area contributed by atoms with Gasteiger partial charge in [0.15, 0.2) is 11.8 Å².